The second kappa shape index (κ2) is 4.86. The fourth-order valence-electron chi connectivity index (χ4n) is 2.53. The van der Waals surface area contributed by atoms with Gasteiger partial charge in [-0.1, -0.05) is 12.1 Å². The standard InChI is InChI=1S/C17H11N5/c18-9-11-2-1-3-12(8-11)15-10-21-17(22-15)14-5-7-20-16-13(14)4-6-19-16/h1-8,10H,(H,19,20)(H,21,22). The van der Waals surface area contributed by atoms with Crippen LogP contribution in [-0.2, 0) is 0 Å². The van der Waals surface area contributed by atoms with E-state index < -0.39 is 0 Å². The Morgan fingerprint density at radius 2 is 2.05 bits per heavy atom. The lowest BCUT2D eigenvalue weighted by atomic mass is 10.1. The first kappa shape index (κ1) is 12.4. The molecular formula is C17H11N5. The van der Waals surface area contributed by atoms with Crippen LogP contribution in [0.3, 0.4) is 0 Å². The molecule has 104 valence electrons. The Bertz CT molecular complexity index is 1000. The number of benzene rings is 1. The molecular weight excluding hydrogens is 274 g/mol. The Morgan fingerprint density at radius 1 is 1.09 bits per heavy atom. The Morgan fingerprint density at radius 3 is 2.95 bits per heavy atom. The van der Waals surface area contributed by atoms with E-state index in [9.17, 15) is 0 Å². The lowest BCUT2D eigenvalue weighted by Crippen LogP contribution is -1.85. The van der Waals surface area contributed by atoms with Crippen LogP contribution in [0.2, 0.25) is 0 Å². The second-order valence-corrected chi connectivity index (χ2v) is 4.94. The molecule has 5 heteroatoms. The molecule has 0 saturated carbocycles. The molecule has 0 atom stereocenters. The molecule has 0 saturated heterocycles. The number of hydrogen-bond donors (Lipinski definition) is 2. The van der Waals surface area contributed by atoms with Crippen molar-refractivity contribution in [1.82, 2.24) is 19.9 Å². The van der Waals surface area contributed by atoms with E-state index in [0.29, 0.717) is 5.56 Å². The SMILES string of the molecule is N#Cc1cccc(-c2cnc(-c3ccnc4[nH]ccc34)[nH]2)c1. The van der Waals surface area contributed by atoms with Gasteiger partial charge in [0.15, 0.2) is 0 Å². The van der Waals surface area contributed by atoms with E-state index in [1.54, 1.807) is 18.5 Å². The molecule has 1 aromatic carbocycles. The van der Waals surface area contributed by atoms with Crippen molar-refractivity contribution in [3.8, 4) is 28.7 Å². The highest BCUT2D eigenvalue weighted by molar-refractivity contribution is 5.91. The lowest BCUT2D eigenvalue weighted by molar-refractivity contribution is 1.29. The van der Waals surface area contributed by atoms with Crippen LogP contribution in [0.4, 0.5) is 0 Å². The summed E-state index contributed by atoms with van der Waals surface area (Å²) in [5.74, 6) is 0.782. The smallest absolute Gasteiger partial charge is 0.138 e. The third-order valence-corrected chi connectivity index (χ3v) is 3.59. The molecule has 0 radical (unpaired) electrons. The predicted octanol–water partition coefficient (Wildman–Crippen LogP) is 3.49. The topological polar surface area (TPSA) is 81.2 Å². The normalized spacial score (nSPS) is 10.7. The highest BCUT2D eigenvalue weighted by atomic mass is 14.9. The molecule has 0 aliphatic heterocycles. The summed E-state index contributed by atoms with van der Waals surface area (Å²) in [5, 5.41) is 10.0. The van der Waals surface area contributed by atoms with Crippen molar-refractivity contribution in [3.05, 3.63) is 60.6 Å². The summed E-state index contributed by atoms with van der Waals surface area (Å²) in [7, 11) is 0. The van der Waals surface area contributed by atoms with Crippen molar-refractivity contribution >= 4 is 11.0 Å². The molecule has 0 fully saturated rings. The van der Waals surface area contributed by atoms with Gasteiger partial charge < -0.3 is 9.97 Å². The van der Waals surface area contributed by atoms with Crippen LogP contribution in [0.15, 0.2) is 55.0 Å². The third kappa shape index (κ3) is 1.95. The highest BCUT2D eigenvalue weighted by Crippen LogP contribution is 2.27. The second-order valence-electron chi connectivity index (χ2n) is 4.94. The summed E-state index contributed by atoms with van der Waals surface area (Å²) in [6.07, 6.45) is 5.40. The van der Waals surface area contributed by atoms with Crippen molar-refractivity contribution in [2.45, 2.75) is 0 Å². The summed E-state index contributed by atoms with van der Waals surface area (Å²) < 4.78 is 0. The van der Waals surface area contributed by atoms with E-state index in [1.807, 2.05) is 36.5 Å². The summed E-state index contributed by atoms with van der Waals surface area (Å²) >= 11 is 0. The number of nitriles is 1. The average Bonchev–Trinajstić information content (AvgIpc) is 3.23. The van der Waals surface area contributed by atoms with Gasteiger partial charge in [0.05, 0.1) is 23.5 Å². The molecule has 2 N–H and O–H groups in total. The van der Waals surface area contributed by atoms with Gasteiger partial charge in [-0.05, 0) is 24.3 Å². The van der Waals surface area contributed by atoms with Gasteiger partial charge in [0.25, 0.3) is 0 Å². The molecule has 0 spiro atoms. The number of fused-ring (bicyclic) bond motifs is 1. The fourth-order valence-corrected chi connectivity index (χ4v) is 2.53. The third-order valence-electron chi connectivity index (χ3n) is 3.59. The molecule has 0 amide bonds. The first-order valence-electron chi connectivity index (χ1n) is 6.83. The summed E-state index contributed by atoms with van der Waals surface area (Å²) in [6.45, 7) is 0. The summed E-state index contributed by atoms with van der Waals surface area (Å²) in [6, 6.07) is 13.5. The quantitative estimate of drug-likeness (QED) is 0.591. The Balaban J connectivity index is 1.81. The van der Waals surface area contributed by atoms with Gasteiger partial charge in [-0.15, -0.1) is 0 Å². The number of aromatic amines is 2. The van der Waals surface area contributed by atoms with E-state index in [-0.39, 0.29) is 0 Å². The largest absolute Gasteiger partial charge is 0.346 e. The highest BCUT2D eigenvalue weighted by Gasteiger charge is 2.10. The maximum Gasteiger partial charge on any atom is 0.138 e. The first-order chi connectivity index (χ1) is 10.8. The summed E-state index contributed by atoms with van der Waals surface area (Å²) in [5.41, 5.74) is 4.28. The number of rotatable bonds is 2. The molecule has 22 heavy (non-hydrogen) atoms. The van der Waals surface area contributed by atoms with Gasteiger partial charge in [-0.3, -0.25) is 0 Å². The molecule has 3 heterocycles. The van der Waals surface area contributed by atoms with E-state index in [1.165, 1.54) is 0 Å². The minimum absolute atomic E-state index is 0.630. The molecule has 5 nitrogen and oxygen atoms in total. The van der Waals surface area contributed by atoms with Crippen LogP contribution in [0.1, 0.15) is 5.56 Å². The van der Waals surface area contributed by atoms with Crippen LogP contribution in [0, 0.1) is 11.3 Å². The molecule has 0 aliphatic carbocycles. The Hall–Kier alpha value is -3.39. The first-order valence-corrected chi connectivity index (χ1v) is 6.83. The van der Waals surface area contributed by atoms with Gasteiger partial charge in [0, 0.05) is 28.9 Å². The Kier molecular flexibility index (Phi) is 2.73. The molecule has 4 rings (SSSR count). The van der Waals surface area contributed by atoms with Crippen LogP contribution < -0.4 is 0 Å². The van der Waals surface area contributed by atoms with E-state index in [4.69, 9.17) is 5.26 Å². The zero-order valence-electron chi connectivity index (χ0n) is 11.5. The molecule has 3 aromatic heterocycles. The van der Waals surface area contributed by atoms with Crippen LogP contribution >= 0.6 is 0 Å². The molecule has 0 aliphatic rings. The molecule has 4 aromatic rings. The number of nitrogens with one attached hydrogen (secondary N) is 2. The van der Waals surface area contributed by atoms with Crippen LogP contribution in [-0.4, -0.2) is 19.9 Å². The number of imidazole rings is 1. The number of pyridine rings is 1. The molecule has 0 unspecified atom stereocenters. The lowest BCUT2D eigenvalue weighted by Gasteiger charge is -2.00. The van der Waals surface area contributed by atoms with E-state index in [0.717, 1.165) is 33.7 Å². The predicted molar refractivity (Wildman–Crippen MR) is 83.8 cm³/mol. The van der Waals surface area contributed by atoms with Gasteiger partial charge in [0.1, 0.15) is 11.5 Å². The monoisotopic (exact) mass is 285 g/mol. The minimum Gasteiger partial charge on any atom is -0.346 e. The van der Waals surface area contributed by atoms with Gasteiger partial charge >= 0.3 is 0 Å². The van der Waals surface area contributed by atoms with Crippen LogP contribution in [0.25, 0.3) is 33.7 Å². The summed E-state index contributed by atoms with van der Waals surface area (Å²) in [4.78, 5) is 15.2. The van der Waals surface area contributed by atoms with E-state index in [2.05, 4.69) is 26.0 Å². The van der Waals surface area contributed by atoms with Gasteiger partial charge in [-0.25, -0.2) is 9.97 Å². The molecule has 0 bridgehead atoms. The van der Waals surface area contributed by atoms with Gasteiger partial charge in [0.2, 0.25) is 0 Å². The fraction of sp³-hybridized carbons (Fsp3) is 0. The number of nitrogens with zero attached hydrogens (tertiary/aromatic N) is 3. The maximum absolute atomic E-state index is 9.00. The van der Waals surface area contributed by atoms with Crippen molar-refractivity contribution in [1.29, 1.82) is 5.26 Å². The number of hydrogen-bond acceptors (Lipinski definition) is 3. The van der Waals surface area contributed by atoms with Crippen molar-refractivity contribution in [3.63, 3.8) is 0 Å². The minimum atomic E-state index is 0.630. The zero-order valence-corrected chi connectivity index (χ0v) is 11.5. The number of aromatic nitrogens is 4. The maximum atomic E-state index is 9.00. The van der Waals surface area contributed by atoms with Crippen LogP contribution in [0.5, 0.6) is 0 Å². The van der Waals surface area contributed by atoms with Gasteiger partial charge in [-0.2, -0.15) is 5.26 Å². The van der Waals surface area contributed by atoms with Crippen molar-refractivity contribution in [2.24, 2.45) is 0 Å². The number of H-pyrrole nitrogens is 2. The zero-order chi connectivity index (χ0) is 14.9. The Labute approximate surface area is 126 Å². The van der Waals surface area contributed by atoms with Crippen molar-refractivity contribution < 1.29 is 0 Å². The van der Waals surface area contributed by atoms with E-state index >= 15 is 0 Å². The average molecular weight is 285 g/mol. The van der Waals surface area contributed by atoms with Crippen molar-refractivity contribution in [2.75, 3.05) is 0 Å².